The van der Waals surface area contributed by atoms with E-state index in [0.717, 1.165) is 10.0 Å². The highest BCUT2D eigenvalue weighted by Gasteiger charge is 2.44. The minimum Gasteiger partial charge on any atom is -0.450 e. The van der Waals surface area contributed by atoms with Crippen molar-refractivity contribution in [1.29, 1.82) is 0 Å². The van der Waals surface area contributed by atoms with Crippen LogP contribution in [0, 0.1) is 0 Å². The number of carbonyl (C=O) groups is 1. The van der Waals surface area contributed by atoms with E-state index in [1.807, 2.05) is 24.3 Å². The molecule has 132 valence electrons. The topological polar surface area (TPSA) is 63.4 Å². The van der Waals surface area contributed by atoms with Crippen molar-refractivity contribution < 1.29 is 9.21 Å². The SMILES string of the molecule is O=C1c2oc3ccccc3c(=O)c2[C@@H](c2ccc(Br)cc2)N1c1nccs1. The fraction of sp³-hybridized carbons (Fsp3) is 0.0500. The quantitative estimate of drug-likeness (QED) is 0.452. The second-order valence-electron chi connectivity index (χ2n) is 6.11. The molecule has 0 saturated carbocycles. The van der Waals surface area contributed by atoms with E-state index < -0.39 is 6.04 Å². The van der Waals surface area contributed by atoms with E-state index in [-0.39, 0.29) is 17.1 Å². The van der Waals surface area contributed by atoms with Gasteiger partial charge in [-0.1, -0.05) is 40.2 Å². The van der Waals surface area contributed by atoms with Gasteiger partial charge in [0, 0.05) is 16.0 Å². The lowest BCUT2D eigenvalue weighted by atomic mass is 9.99. The molecule has 2 aromatic heterocycles. The van der Waals surface area contributed by atoms with Gasteiger partial charge in [-0.15, -0.1) is 11.3 Å². The van der Waals surface area contributed by atoms with Crippen molar-refractivity contribution in [2.24, 2.45) is 0 Å². The first-order valence-electron chi connectivity index (χ1n) is 8.19. The lowest BCUT2D eigenvalue weighted by molar-refractivity contribution is 0.0971. The third kappa shape index (κ3) is 2.46. The fourth-order valence-corrected chi connectivity index (χ4v) is 4.34. The molecule has 0 fully saturated rings. The highest BCUT2D eigenvalue weighted by molar-refractivity contribution is 9.10. The number of amides is 1. The Labute approximate surface area is 166 Å². The molecule has 0 unspecified atom stereocenters. The van der Waals surface area contributed by atoms with Crippen LogP contribution in [0.15, 0.2) is 73.8 Å². The number of anilines is 1. The third-order valence-electron chi connectivity index (χ3n) is 4.59. The molecule has 27 heavy (non-hydrogen) atoms. The average Bonchev–Trinajstić information content (AvgIpc) is 3.30. The van der Waals surface area contributed by atoms with Crippen LogP contribution in [0.5, 0.6) is 0 Å². The number of fused-ring (bicyclic) bond motifs is 2. The Balaban J connectivity index is 1.83. The van der Waals surface area contributed by atoms with Gasteiger partial charge in [0.15, 0.2) is 10.6 Å². The van der Waals surface area contributed by atoms with Crippen molar-refractivity contribution in [3.05, 3.63) is 91.7 Å². The zero-order valence-corrected chi connectivity index (χ0v) is 16.2. The van der Waals surface area contributed by atoms with Crippen LogP contribution >= 0.6 is 27.3 Å². The van der Waals surface area contributed by atoms with Gasteiger partial charge in [-0.25, -0.2) is 4.98 Å². The van der Waals surface area contributed by atoms with Crippen LogP contribution in [0.3, 0.4) is 0 Å². The standard InChI is InChI=1S/C20H11BrN2O3S/c21-12-7-5-11(6-8-12)16-15-17(24)13-3-1-2-4-14(13)26-18(15)19(25)23(16)20-22-9-10-27-20/h1-10,16H/t16-/m1/s1. The third-order valence-corrected chi connectivity index (χ3v) is 5.89. The van der Waals surface area contributed by atoms with Gasteiger partial charge in [0.05, 0.1) is 17.0 Å². The molecule has 3 heterocycles. The zero-order valence-electron chi connectivity index (χ0n) is 13.8. The maximum absolute atomic E-state index is 13.3. The second-order valence-corrected chi connectivity index (χ2v) is 7.90. The Morgan fingerprint density at radius 2 is 1.85 bits per heavy atom. The number of nitrogens with zero attached hydrogens (tertiary/aromatic N) is 2. The Morgan fingerprint density at radius 1 is 1.07 bits per heavy atom. The molecule has 0 saturated heterocycles. The van der Waals surface area contributed by atoms with Crippen LogP contribution in [0.25, 0.3) is 11.0 Å². The lowest BCUT2D eigenvalue weighted by Gasteiger charge is -2.22. The van der Waals surface area contributed by atoms with E-state index in [1.54, 1.807) is 40.7 Å². The summed E-state index contributed by atoms with van der Waals surface area (Å²) in [5.74, 6) is -0.266. The predicted octanol–water partition coefficient (Wildman–Crippen LogP) is 4.76. The van der Waals surface area contributed by atoms with Gasteiger partial charge < -0.3 is 4.42 Å². The van der Waals surface area contributed by atoms with Crippen LogP contribution in [-0.4, -0.2) is 10.9 Å². The van der Waals surface area contributed by atoms with E-state index >= 15 is 0 Å². The monoisotopic (exact) mass is 438 g/mol. The molecule has 5 nitrogen and oxygen atoms in total. The summed E-state index contributed by atoms with van der Waals surface area (Å²) in [5, 5.41) is 2.80. The maximum Gasteiger partial charge on any atom is 0.297 e. The summed E-state index contributed by atoms with van der Waals surface area (Å²) >= 11 is 4.77. The molecule has 0 bridgehead atoms. The van der Waals surface area contributed by atoms with Crippen molar-refractivity contribution in [3.8, 4) is 0 Å². The van der Waals surface area contributed by atoms with E-state index in [9.17, 15) is 9.59 Å². The molecule has 5 rings (SSSR count). The van der Waals surface area contributed by atoms with Crippen LogP contribution in [0.1, 0.15) is 27.7 Å². The van der Waals surface area contributed by atoms with Crippen molar-refractivity contribution in [2.45, 2.75) is 6.04 Å². The van der Waals surface area contributed by atoms with Gasteiger partial charge in [0.1, 0.15) is 5.58 Å². The average molecular weight is 439 g/mol. The van der Waals surface area contributed by atoms with Crippen LogP contribution in [0.2, 0.25) is 0 Å². The summed E-state index contributed by atoms with van der Waals surface area (Å²) in [6.07, 6.45) is 1.64. The number of para-hydroxylation sites is 1. The first-order valence-corrected chi connectivity index (χ1v) is 9.86. The van der Waals surface area contributed by atoms with Crippen molar-refractivity contribution in [2.75, 3.05) is 4.90 Å². The van der Waals surface area contributed by atoms with Crippen LogP contribution < -0.4 is 10.3 Å². The van der Waals surface area contributed by atoms with Crippen molar-refractivity contribution in [1.82, 2.24) is 4.98 Å². The number of thiazole rings is 1. The lowest BCUT2D eigenvalue weighted by Crippen LogP contribution is -2.29. The van der Waals surface area contributed by atoms with E-state index in [4.69, 9.17) is 4.42 Å². The number of aromatic nitrogens is 1. The summed E-state index contributed by atoms with van der Waals surface area (Å²) in [6.45, 7) is 0. The second kappa shape index (κ2) is 6.14. The number of rotatable bonds is 2. The van der Waals surface area contributed by atoms with E-state index in [2.05, 4.69) is 20.9 Å². The number of benzene rings is 2. The summed E-state index contributed by atoms with van der Waals surface area (Å²) in [7, 11) is 0. The Morgan fingerprint density at radius 3 is 2.59 bits per heavy atom. The Kier molecular flexibility index (Phi) is 3.73. The molecule has 0 aliphatic carbocycles. The molecule has 4 aromatic rings. The molecule has 2 aromatic carbocycles. The molecular formula is C20H11BrN2O3S. The van der Waals surface area contributed by atoms with Gasteiger partial charge in [-0.2, -0.15) is 0 Å². The van der Waals surface area contributed by atoms with E-state index in [1.165, 1.54) is 11.3 Å². The van der Waals surface area contributed by atoms with Gasteiger partial charge >= 0.3 is 0 Å². The summed E-state index contributed by atoms with van der Waals surface area (Å²) < 4.78 is 6.80. The highest BCUT2D eigenvalue weighted by Crippen LogP contribution is 2.41. The predicted molar refractivity (Wildman–Crippen MR) is 107 cm³/mol. The maximum atomic E-state index is 13.3. The number of halogens is 1. The first-order chi connectivity index (χ1) is 13.1. The largest absolute Gasteiger partial charge is 0.450 e. The molecule has 0 N–H and O–H groups in total. The summed E-state index contributed by atoms with van der Waals surface area (Å²) in [4.78, 5) is 32.3. The van der Waals surface area contributed by atoms with Crippen LogP contribution in [-0.2, 0) is 0 Å². The molecule has 1 aliphatic heterocycles. The smallest absolute Gasteiger partial charge is 0.297 e. The van der Waals surface area contributed by atoms with Gasteiger partial charge in [0.25, 0.3) is 5.91 Å². The Hall–Kier alpha value is -2.77. The normalized spacial score (nSPS) is 16.1. The summed E-state index contributed by atoms with van der Waals surface area (Å²) in [6, 6.07) is 14.0. The number of hydrogen-bond donors (Lipinski definition) is 0. The summed E-state index contributed by atoms with van der Waals surface area (Å²) in [5.41, 5.74) is 1.40. The first kappa shape index (κ1) is 16.4. The number of hydrogen-bond acceptors (Lipinski definition) is 5. The number of carbonyl (C=O) groups excluding carboxylic acids is 1. The molecule has 1 atom stereocenters. The van der Waals surface area contributed by atoms with Crippen LogP contribution in [0.4, 0.5) is 5.13 Å². The minimum atomic E-state index is -0.576. The molecular weight excluding hydrogens is 428 g/mol. The van der Waals surface area contributed by atoms with Crippen molar-refractivity contribution >= 4 is 49.3 Å². The van der Waals surface area contributed by atoms with Gasteiger partial charge in [-0.3, -0.25) is 14.5 Å². The fourth-order valence-electron chi connectivity index (χ4n) is 3.41. The molecule has 1 aliphatic rings. The van der Waals surface area contributed by atoms with E-state index in [0.29, 0.717) is 21.7 Å². The molecule has 0 spiro atoms. The molecule has 1 amide bonds. The van der Waals surface area contributed by atoms with Gasteiger partial charge in [0.2, 0.25) is 5.76 Å². The zero-order chi connectivity index (χ0) is 18.5. The van der Waals surface area contributed by atoms with Crippen molar-refractivity contribution in [3.63, 3.8) is 0 Å². The highest BCUT2D eigenvalue weighted by atomic mass is 79.9. The molecule has 0 radical (unpaired) electrons. The van der Waals surface area contributed by atoms with Gasteiger partial charge in [-0.05, 0) is 29.8 Å². The molecule has 7 heteroatoms. The Bertz CT molecular complexity index is 1230. The minimum absolute atomic E-state index is 0.0850.